The summed E-state index contributed by atoms with van der Waals surface area (Å²) < 4.78 is 17.5. The van der Waals surface area contributed by atoms with Crippen LogP contribution in [0.1, 0.15) is 21.6 Å². The predicted molar refractivity (Wildman–Crippen MR) is 135 cm³/mol. The fourth-order valence-corrected chi connectivity index (χ4v) is 4.18. The number of carbonyl (C=O) groups is 1. The first kappa shape index (κ1) is 23.1. The maximum atomic E-state index is 13.2. The standard InChI is InChI=1S/C27H24N4O5/c1-16-19(13-14-36-26(33)21-10-6-8-17-7-4-5-9-20(17)21)25(32)31-27(28-16)29-24(30-31)18-11-12-22(34-2)23(15-18)35-3/h4-12,15H,13-14H2,1-3H3,(H,28,29,30). The molecule has 0 spiro atoms. The number of aryl methyl sites for hydroxylation is 1. The van der Waals surface area contributed by atoms with Crippen molar-refractivity contribution in [3.63, 3.8) is 0 Å². The van der Waals surface area contributed by atoms with Crippen LogP contribution in [-0.4, -0.2) is 46.4 Å². The van der Waals surface area contributed by atoms with Crippen molar-refractivity contribution in [2.24, 2.45) is 0 Å². The van der Waals surface area contributed by atoms with Crippen LogP contribution in [0.15, 0.2) is 65.5 Å². The zero-order valence-corrected chi connectivity index (χ0v) is 20.1. The molecule has 2 aromatic heterocycles. The maximum Gasteiger partial charge on any atom is 0.338 e. The number of benzene rings is 3. The molecule has 0 aliphatic rings. The van der Waals surface area contributed by atoms with E-state index >= 15 is 0 Å². The molecule has 36 heavy (non-hydrogen) atoms. The fraction of sp³-hybridized carbons (Fsp3) is 0.185. The van der Waals surface area contributed by atoms with Gasteiger partial charge in [-0.15, -0.1) is 0 Å². The Kier molecular flexibility index (Phi) is 6.12. The largest absolute Gasteiger partial charge is 0.493 e. The van der Waals surface area contributed by atoms with E-state index in [0.29, 0.717) is 39.7 Å². The van der Waals surface area contributed by atoms with E-state index in [2.05, 4.69) is 15.1 Å². The van der Waals surface area contributed by atoms with Gasteiger partial charge in [0.2, 0.25) is 0 Å². The van der Waals surface area contributed by atoms with Crippen LogP contribution in [-0.2, 0) is 11.2 Å². The number of ether oxygens (including phenoxy) is 3. The number of nitrogens with zero attached hydrogens (tertiary/aromatic N) is 3. The number of aromatic nitrogens is 4. The van der Waals surface area contributed by atoms with Crippen LogP contribution in [0.25, 0.3) is 27.9 Å². The van der Waals surface area contributed by atoms with Crippen molar-refractivity contribution in [2.75, 3.05) is 20.8 Å². The van der Waals surface area contributed by atoms with Gasteiger partial charge in [-0.1, -0.05) is 36.4 Å². The zero-order chi connectivity index (χ0) is 25.2. The molecule has 0 amide bonds. The summed E-state index contributed by atoms with van der Waals surface area (Å²) in [6.45, 7) is 1.79. The lowest BCUT2D eigenvalue weighted by molar-refractivity contribution is 0.0511. The molecule has 0 atom stereocenters. The fourth-order valence-electron chi connectivity index (χ4n) is 4.18. The van der Waals surface area contributed by atoms with Crippen LogP contribution in [0.3, 0.4) is 0 Å². The number of methoxy groups -OCH3 is 2. The summed E-state index contributed by atoms with van der Waals surface area (Å²) in [5, 5.41) is 4.79. The second kappa shape index (κ2) is 9.53. The van der Waals surface area contributed by atoms with Crippen molar-refractivity contribution in [2.45, 2.75) is 13.3 Å². The molecule has 1 N–H and O–H groups in total. The van der Waals surface area contributed by atoms with Gasteiger partial charge in [0, 0.05) is 17.5 Å². The summed E-state index contributed by atoms with van der Waals surface area (Å²) in [6.07, 6.45) is 0.224. The number of nitrogens with one attached hydrogen (secondary N) is 1. The summed E-state index contributed by atoms with van der Waals surface area (Å²) in [5.74, 6) is 1.40. The Morgan fingerprint density at radius 1 is 0.972 bits per heavy atom. The predicted octanol–water partition coefficient (Wildman–Crippen LogP) is 3.96. The van der Waals surface area contributed by atoms with Gasteiger partial charge in [0.1, 0.15) is 0 Å². The number of carbonyl (C=O) groups excluding carboxylic acids is 1. The molecule has 3 aromatic carbocycles. The Bertz CT molecular complexity index is 1650. The van der Waals surface area contributed by atoms with E-state index < -0.39 is 5.97 Å². The lowest BCUT2D eigenvalue weighted by Gasteiger charge is -2.08. The van der Waals surface area contributed by atoms with E-state index in [0.717, 1.165) is 10.8 Å². The lowest BCUT2D eigenvalue weighted by atomic mass is 10.0. The first-order chi connectivity index (χ1) is 17.5. The molecule has 9 nitrogen and oxygen atoms in total. The molecule has 5 aromatic rings. The molecule has 0 saturated heterocycles. The molecule has 0 aliphatic heterocycles. The van der Waals surface area contributed by atoms with Gasteiger partial charge < -0.3 is 14.2 Å². The van der Waals surface area contributed by atoms with Crippen molar-refractivity contribution in [3.8, 4) is 22.9 Å². The van der Waals surface area contributed by atoms with E-state index in [9.17, 15) is 9.59 Å². The number of hydrogen-bond donors (Lipinski definition) is 1. The van der Waals surface area contributed by atoms with Gasteiger partial charge in [-0.05, 0) is 42.0 Å². The quantitative estimate of drug-likeness (QED) is 0.348. The Balaban J connectivity index is 1.38. The Labute approximate surface area is 206 Å². The molecular formula is C27H24N4O5. The molecule has 9 heteroatoms. The third-order valence-corrected chi connectivity index (χ3v) is 6.05. The van der Waals surface area contributed by atoms with E-state index in [1.54, 1.807) is 39.3 Å². The first-order valence-electron chi connectivity index (χ1n) is 11.4. The maximum absolute atomic E-state index is 13.2. The molecule has 2 heterocycles. The minimum atomic E-state index is -0.434. The molecule has 182 valence electrons. The molecule has 0 radical (unpaired) electrons. The van der Waals surface area contributed by atoms with Crippen molar-refractivity contribution in [3.05, 3.63) is 87.8 Å². The third-order valence-electron chi connectivity index (χ3n) is 6.05. The Morgan fingerprint density at radius 2 is 1.75 bits per heavy atom. The average molecular weight is 485 g/mol. The van der Waals surface area contributed by atoms with Crippen molar-refractivity contribution >= 4 is 22.5 Å². The number of esters is 1. The summed E-state index contributed by atoms with van der Waals surface area (Å²) in [6, 6.07) is 18.5. The number of H-pyrrole nitrogens is 1. The monoisotopic (exact) mass is 484 g/mol. The van der Waals surface area contributed by atoms with Crippen LogP contribution in [0.4, 0.5) is 0 Å². The van der Waals surface area contributed by atoms with Gasteiger partial charge in [-0.3, -0.25) is 9.89 Å². The smallest absolute Gasteiger partial charge is 0.338 e. The van der Waals surface area contributed by atoms with E-state index in [4.69, 9.17) is 14.2 Å². The molecule has 0 bridgehead atoms. The lowest BCUT2D eigenvalue weighted by Crippen LogP contribution is -2.23. The van der Waals surface area contributed by atoms with Crippen LogP contribution < -0.4 is 15.0 Å². The summed E-state index contributed by atoms with van der Waals surface area (Å²) >= 11 is 0. The normalized spacial score (nSPS) is 11.1. The van der Waals surface area contributed by atoms with E-state index in [1.165, 1.54) is 4.52 Å². The highest BCUT2D eigenvalue weighted by molar-refractivity contribution is 6.04. The van der Waals surface area contributed by atoms with Crippen molar-refractivity contribution < 1.29 is 19.0 Å². The van der Waals surface area contributed by atoms with Crippen LogP contribution >= 0.6 is 0 Å². The van der Waals surface area contributed by atoms with Gasteiger partial charge in [0.15, 0.2) is 17.3 Å². The average Bonchev–Trinajstić information content (AvgIpc) is 3.33. The van der Waals surface area contributed by atoms with Crippen LogP contribution in [0.5, 0.6) is 11.5 Å². The molecule has 0 saturated carbocycles. The summed E-state index contributed by atoms with van der Waals surface area (Å²) in [5.41, 5.74) is 1.88. The van der Waals surface area contributed by atoms with Crippen LogP contribution in [0.2, 0.25) is 0 Å². The highest BCUT2D eigenvalue weighted by Gasteiger charge is 2.17. The highest BCUT2D eigenvalue weighted by atomic mass is 16.5. The second-order valence-corrected chi connectivity index (χ2v) is 8.17. The molecule has 0 unspecified atom stereocenters. The second-order valence-electron chi connectivity index (χ2n) is 8.17. The molecule has 0 aliphatic carbocycles. The molecular weight excluding hydrogens is 460 g/mol. The van der Waals surface area contributed by atoms with Crippen molar-refractivity contribution in [1.82, 2.24) is 19.6 Å². The van der Waals surface area contributed by atoms with Gasteiger partial charge >= 0.3 is 5.97 Å². The van der Waals surface area contributed by atoms with E-state index in [1.807, 2.05) is 42.5 Å². The number of rotatable bonds is 7. The third kappa shape index (κ3) is 4.15. The van der Waals surface area contributed by atoms with Gasteiger partial charge in [0.25, 0.3) is 11.3 Å². The van der Waals surface area contributed by atoms with E-state index in [-0.39, 0.29) is 24.4 Å². The van der Waals surface area contributed by atoms with Gasteiger partial charge in [-0.2, -0.15) is 9.50 Å². The van der Waals surface area contributed by atoms with Crippen LogP contribution in [0, 0.1) is 6.92 Å². The number of aromatic amines is 1. The van der Waals surface area contributed by atoms with Gasteiger partial charge in [0.05, 0.1) is 32.1 Å². The number of fused-ring (bicyclic) bond motifs is 2. The highest BCUT2D eigenvalue weighted by Crippen LogP contribution is 2.31. The zero-order valence-electron chi connectivity index (χ0n) is 20.1. The minimum Gasteiger partial charge on any atom is -0.493 e. The number of hydrogen-bond acceptors (Lipinski definition) is 7. The summed E-state index contributed by atoms with van der Waals surface area (Å²) in [7, 11) is 3.11. The Hall–Kier alpha value is -4.66. The molecule has 5 rings (SSSR count). The SMILES string of the molecule is COc1ccc(-c2nc3nc(C)c(CCOC(=O)c4cccc5ccccc45)c(=O)n3[nH]2)cc1OC. The van der Waals surface area contributed by atoms with Gasteiger partial charge in [-0.25, -0.2) is 9.78 Å². The topological polar surface area (TPSA) is 108 Å². The minimum absolute atomic E-state index is 0.0442. The van der Waals surface area contributed by atoms with Crippen molar-refractivity contribution in [1.29, 1.82) is 0 Å². The summed E-state index contributed by atoms with van der Waals surface area (Å²) in [4.78, 5) is 34.9. The Morgan fingerprint density at radius 3 is 2.56 bits per heavy atom. The first-order valence-corrected chi connectivity index (χ1v) is 11.4. The molecule has 0 fully saturated rings.